The van der Waals surface area contributed by atoms with Gasteiger partial charge < -0.3 is 11.5 Å². The average molecular weight is 466 g/mol. The van der Waals surface area contributed by atoms with E-state index in [2.05, 4.69) is 15.3 Å². The van der Waals surface area contributed by atoms with E-state index in [-0.39, 0.29) is 45.3 Å². The average Bonchev–Trinajstić information content (AvgIpc) is 3.03. The number of hydrogen-bond acceptors (Lipinski definition) is 5. The lowest BCUT2D eigenvalue weighted by molar-refractivity contribution is 0.0994. The summed E-state index contributed by atoms with van der Waals surface area (Å²) in [6.45, 7) is 1.66. The van der Waals surface area contributed by atoms with Crippen LogP contribution in [0.15, 0.2) is 41.4 Å². The highest BCUT2D eigenvalue weighted by atomic mass is 35.5. The molecule has 0 aliphatic heterocycles. The minimum Gasteiger partial charge on any atom is -0.387 e. The number of aliphatic imine (C=N–C) groups is 1. The Morgan fingerprint density at radius 3 is 2.20 bits per heavy atom. The Morgan fingerprint density at radius 2 is 1.67 bits per heavy atom. The molecule has 4 N–H and O–H groups in total. The van der Waals surface area contributed by atoms with Gasteiger partial charge in [-0.15, -0.1) is 5.10 Å². The standard InChI is InChI=1S/C19H15Cl3N6O2/c1-9(23)25-19-16(18(24)30)26-27-28(19)8-10-6-13(21)15(14(22)7-10)17(29)11-2-4-12(20)5-3-11/h2-7H,8H2,1H3,(H2,23,25)(H2,24,30). The lowest BCUT2D eigenvalue weighted by atomic mass is 10.0. The Kier molecular flexibility index (Phi) is 6.40. The Balaban J connectivity index is 1.97. The first kappa shape index (κ1) is 21.8. The van der Waals surface area contributed by atoms with Crippen LogP contribution in [0.5, 0.6) is 0 Å². The van der Waals surface area contributed by atoms with Crippen molar-refractivity contribution >= 4 is 58.1 Å². The number of amidine groups is 1. The highest BCUT2D eigenvalue weighted by Crippen LogP contribution is 2.30. The molecule has 0 bridgehead atoms. The second-order valence-electron chi connectivity index (χ2n) is 6.31. The van der Waals surface area contributed by atoms with Crippen molar-refractivity contribution in [2.75, 3.05) is 0 Å². The van der Waals surface area contributed by atoms with E-state index in [4.69, 9.17) is 46.3 Å². The van der Waals surface area contributed by atoms with Gasteiger partial charge in [-0.1, -0.05) is 40.0 Å². The summed E-state index contributed by atoms with van der Waals surface area (Å²) in [5.41, 5.74) is 12.0. The second-order valence-corrected chi connectivity index (χ2v) is 7.56. The molecule has 0 aliphatic carbocycles. The molecule has 30 heavy (non-hydrogen) atoms. The van der Waals surface area contributed by atoms with Crippen molar-refractivity contribution in [3.05, 3.63) is 73.9 Å². The molecule has 0 aliphatic rings. The van der Waals surface area contributed by atoms with Crippen LogP contribution in [-0.4, -0.2) is 32.5 Å². The third-order valence-electron chi connectivity index (χ3n) is 3.99. The summed E-state index contributed by atoms with van der Waals surface area (Å²) in [5.74, 6) is -0.827. The normalized spacial score (nSPS) is 11.5. The van der Waals surface area contributed by atoms with Gasteiger partial charge >= 0.3 is 0 Å². The number of benzene rings is 2. The molecule has 3 aromatic rings. The first-order valence-corrected chi connectivity index (χ1v) is 9.63. The molecule has 0 unspecified atom stereocenters. The number of ketones is 1. The first-order valence-electron chi connectivity index (χ1n) is 8.49. The van der Waals surface area contributed by atoms with E-state index >= 15 is 0 Å². The zero-order valence-electron chi connectivity index (χ0n) is 15.6. The Hall–Kier alpha value is -2.94. The maximum atomic E-state index is 12.8. The zero-order chi connectivity index (χ0) is 22.0. The molecule has 0 fully saturated rings. The SMILES string of the molecule is CC(N)=Nc1c(C(N)=O)nnn1Cc1cc(Cl)c(C(=O)c2ccc(Cl)cc2)c(Cl)c1. The van der Waals surface area contributed by atoms with Crippen LogP contribution in [0.1, 0.15) is 38.9 Å². The number of halogens is 3. The number of nitrogens with two attached hydrogens (primary N) is 2. The minimum absolute atomic E-state index is 0.107. The fourth-order valence-corrected chi connectivity index (χ4v) is 3.53. The molecule has 154 valence electrons. The largest absolute Gasteiger partial charge is 0.387 e. The number of aromatic nitrogens is 3. The zero-order valence-corrected chi connectivity index (χ0v) is 17.8. The van der Waals surface area contributed by atoms with Gasteiger partial charge in [0.05, 0.1) is 28.0 Å². The van der Waals surface area contributed by atoms with Crippen LogP contribution in [0.4, 0.5) is 5.82 Å². The van der Waals surface area contributed by atoms with Gasteiger partial charge in [-0.05, 0) is 48.9 Å². The molecule has 3 rings (SSSR count). The van der Waals surface area contributed by atoms with Gasteiger partial charge in [-0.2, -0.15) is 0 Å². The van der Waals surface area contributed by atoms with Gasteiger partial charge in [-0.3, -0.25) is 9.59 Å². The van der Waals surface area contributed by atoms with Crippen LogP contribution < -0.4 is 11.5 Å². The molecule has 1 amide bonds. The number of hydrogen-bond donors (Lipinski definition) is 2. The Morgan fingerprint density at radius 1 is 1.07 bits per heavy atom. The smallest absolute Gasteiger partial charge is 0.273 e. The van der Waals surface area contributed by atoms with Gasteiger partial charge in [0, 0.05) is 10.6 Å². The molecular weight excluding hydrogens is 451 g/mol. The lowest BCUT2D eigenvalue weighted by Crippen LogP contribution is -2.13. The van der Waals surface area contributed by atoms with Crippen molar-refractivity contribution in [2.24, 2.45) is 16.5 Å². The Bertz CT molecular complexity index is 1140. The Labute approximate surface area is 186 Å². The quantitative estimate of drug-likeness (QED) is 0.326. The van der Waals surface area contributed by atoms with Gasteiger partial charge in [-0.25, -0.2) is 9.67 Å². The van der Waals surface area contributed by atoms with E-state index in [0.29, 0.717) is 16.1 Å². The molecule has 0 radical (unpaired) electrons. The molecule has 11 heteroatoms. The van der Waals surface area contributed by atoms with E-state index in [1.165, 1.54) is 4.68 Å². The maximum absolute atomic E-state index is 12.8. The number of primary amides is 1. The van der Waals surface area contributed by atoms with Crippen LogP contribution in [0, 0.1) is 0 Å². The van der Waals surface area contributed by atoms with Crippen LogP contribution >= 0.6 is 34.8 Å². The summed E-state index contributed by atoms with van der Waals surface area (Å²) in [6, 6.07) is 9.54. The van der Waals surface area contributed by atoms with Crippen molar-refractivity contribution in [1.82, 2.24) is 15.0 Å². The summed E-state index contributed by atoms with van der Waals surface area (Å²) < 4.78 is 1.33. The number of nitrogens with zero attached hydrogens (tertiary/aromatic N) is 4. The predicted octanol–water partition coefficient (Wildman–Crippen LogP) is 3.63. The molecule has 2 aromatic carbocycles. The molecule has 0 atom stereocenters. The van der Waals surface area contributed by atoms with Crippen molar-refractivity contribution in [3.8, 4) is 0 Å². The molecule has 0 saturated carbocycles. The first-order chi connectivity index (χ1) is 14.2. The summed E-state index contributed by atoms with van der Waals surface area (Å²) in [7, 11) is 0. The van der Waals surface area contributed by atoms with Gasteiger partial charge in [0.15, 0.2) is 17.3 Å². The summed E-state index contributed by atoms with van der Waals surface area (Å²) in [4.78, 5) is 28.4. The summed E-state index contributed by atoms with van der Waals surface area (Å²) in [6.07, 6.45) is 0. The van der Waals surface area contributed by atoms with Crippen molar-refractivity contribution in [3.63, 3.8) is 0 Å². The van der Waals surface area contributed by atoms with Crippen LogP contribution in [0.2, 0.25) is 15.1 Å². The fourth-order valence-electron chi connectivity index (χ4n) is 2.70. The van der Waals surface area contributed by atoms with Gasteiger partial charge in [0.2, 0.25) is 0 Å². The van der Waals surface area contributed by atoms with Crippen molar-refractivity contribution < 1.29 is 9.59 Å². The molecule has 0 saturated heterocycles. The molecule has 8 nitrogen and oxygen atoms in total. The van der Waals surface area contributed by atoms with E-state index in [0.717, 1.165) is 0 Å². The highest BCUT2D eigenvalue weighted by molar-refractivity contribution is 6.41. The fraction of sp³-hybridized carbons (Fsp3) is 0.105. The van der Waals surface area contributed by atoms with Gasteiger partial charge in [0.25, 0.3) is 5.91 Å². The van der Waals surface area contributed by atoms with E-state index in [1.54, 1.807) is 43.3 Å². The molecule has 1 heterocycles. The van der Waals surface area contributed by atoms with E-state index in [1.807, 2.05) is 0 Å². The van der Waals surface area contributed by atoms with Crippen LogP contribution in [0.25, 0.3) is 0 Å². The number of carbonyl (C=O) groups excluding carboxylic acids is 2. The molecular formula is C19H15Cl3N6O2. The van der Waals surface area contributed by atoms with Crippen molar-refractivity contribution in [2.45, 2.75) is 13.5 Å². The van der Waals surface area contributed by atoms with Crippen LogP contribution in [0.3, 0.4) is 0 Å². The van der Waals surface area contributed by atoms with Crippen molar-refractivity contribution in [1.29, 1.82) is 0 Å². The minimum atomic E-state index is -0.791. The monoisotopic (exact) mass is 464 g/mol. The summed E-state index contributed by atoms with van der Waals surface area (Å²) in [5, 5.41) is 8.47. The highest BCUT2D eigenvalue weighted by Gasteiger charge is 2.21. The van der Waals surface area contributed by atoms with E-state index < -0.39 is 5.91 Å². The number of amides is 1. The van der Waals surface area contributed by atoms with Crippen LogP contribution in [-0.2, 0) is 6.54 Å². The van der Waals surface area contributed by atoms with E-state index in [9.17, 15) is 9.59 Å². The third kappa shape index (κ3) is 4.62. The number of carbonyl (C=O) groups is 2. The summed E-state index contributed by atoms with van der Waals surface area (Å²) >= 11 is 18.6. The second kappa shape index (κ2) is 8.83. The topological polar surface area (TPSA) is 129 Å². The maximum Gasteiger partial charge on any atom is 0.273 e. The third-order valence-corrected chi connectivity index (χ3v) is 4.84. The van der Waals surface area contributed by atoms with Gasteiger partial charge in [0.1, 0.15) is 0 Å². The molecule has 0 spiro atoms. The predicted molar refractivity (Wildman–Crippen MR) is 116 cm³/mol. The molecule has 1 aromatic heterocycles. The number of rotatable bonds is 6. The lowest BCUT2D eigenvalue weighted by Gasteiger charge is -2.10.